The van der Waals surface area contributed by atoms with Gasteiger partial charge < -0.3 is 39.7 Å². The summed E-state index contributed by atoms with van der Waals surface area (Å²) in [5, 5.41) is 48.4. The van der Waals surface area contributed by atoms with E-state index >= 15 is 0 Å². The monoisotopic (exact) mass is 396 g/mol. The second-order valence-corrected chi connectivity index (χ2v) is 7.00. The number of esters is 1. The molecule has 154 valence electrons. The van der Waals surface area contributed by atoms with Crippen molar-refractivity contribution in [2.45, 2.75) is 49.8 Å². The highest BCUT2D eigenvalue weighted by molar-refractivity contribution is 5.87. The highest BCUT2D eigenvalue weighted by atomic mass is 16.7. The molecular weight excluding hydrogens is 372 g/mol. The van der Waals surface area contributed by atoms with Crippen molar-refractivity contribution in [2.24, 2.45) is 5.92 Å². The fourth-order valence-electron chi connectivity index (χ4n) is 2.96. The Bertz CT molecular complexity index is 704. The maximum atomic E-state index is 11.9. The zero-order valence-electron chi connectivity index (χ0n) is 15.2. The summed E-state index contributed by atoms with van der Waals surface area (Å²) in [6, 6.07) is 6.23. The van der Waals surface area contributed by atoms with Gasteiger partial charge in [-0.2, -0.15) is 0 Å². The van der Waals surface area contributed by atoms with Gasteiger partial charge in [0.15, 0.2) is 6.29 Å². The average Bonchev–Trinajstić information content (AvgIpc) is 3.28. The summed E-state index contributed by atoms with van der Waals surface area (Å²) >= 11 is 0. The van der Waals surface area contributed by atoms with E-state index in [1.165, 1.54) is 31.2 Å². The van der Waals surface area contributed by atoms with Gasteiger partial charge in [-0.25, -0.2) is 4.79 Å². The summed E-state index contributed by atoms with van der Waals surface area (Å²) in [6.07, 6.45) is -4.88. The molecule has 28 heavy (non-hydrogen) atoms. The maximum absolute atomic E-state index is 11.9. The van der Waals surface area contributed by atoms with Crippen LogP contribution >= 0.6 is 0 Å². The van der Waals surface area contributed by atoms with Gasteiger partial charge in [0.25, 0.3) is 0 Å². The summed E-state index contributed by atoms with van der Waals surface area (Å²) in [4.78, 5) is 11.9. The number of ether oxygens (including phenoxy) is 3. The van der Waals surface area contributed by atoms with Crippen molar-refractivity contribution in [3.05, 3.63) is 35.9 Å². The van der Waals surface area contributed by atoms with E-state index in [9.17, 15) is 30.3 Å². The normalized spacial score (nSPS) is 37.8. The lowest BCUT2D eigenvalue weighted by atomic mass is 10.0. The first-order valence-corrected chi connectivity index (χ1v) is 8.95. The number of benzene rings is 1. The molecule has 1 heterocycles. The highest BCUT2D eigenvalue weighted by Gasteiger charge is 2.53. The number of carbonyl (C=O) groups excluding carboxylic acids is 1. The quantitative estimate of drug-likeness (QED) is 0.307. The topological polar surface area (TPSA) is 146 Å². The lowest BCUT2D eigenvalue weighted by Gasteiger charge is -2.38. The molecule has 8 unspecified atom stereocenters. The second-order valence-electron chi connectivity index (χ2n) is 7.00. The van der Waals surface area contributed by atoms with Crippen LogP contribution in [0.15, 0.2) is 30.3 Å². The second kappa shape index (κ2) is 8.56. The number of aliphatic hydroxyl groups is 4. The first-order chi connectivity index (χ1) is 13.3. The van der Waals surface area contributed by atoms with Crippen LogP contribution in [-0.4, -0.2) is 81.0 Å². The third-order valence-corrected chi connectivity index (χ3v) is 4.87. The molecule has 9 heteroatoms. The van der Waals surface area contributed by atoms with Gasteiger partial charge in [0.1, 0.15) is 36.3 Å². The Morgan fingerprint density at radius 3 is 2.43 bits per heavy atom. The molecule has 1 aromatic rings. The predicted molar refractivity (Wildman–Crippen MR) is 94.8 cm³/mol. The van der Waals surface area contributed by atoms with E-state index in [-0.39, 0.29) is 12.4 Å². The van der Waals surface area contributed by atoms with Gasteiger partial charge in [-0.3, -0.25) is 0 Å². The van der Waals surface area contributed by atoms with E-state index in [1.54, 1.807) is 12.1 Å². The third-order valence-electron chi connectivity index (χ3n) is 4.87. The minimum Gasteiger partial charge on any atom is -0.508 e. The van der Waals surface area contributed by atoms with Crippen LogP contribution in [0.25, 0.3) is 6.08 Å². The van der Waals surface area contributed by atoms with E-state index in [0.717, 1.165) is 0 Å². The molecule has 1 aliphatic carbocycles. The van der Waals surface area contributed by atoms with Crippen LogP contribution in [0.2, 0.25) is 0 Å². The Morgan fingerprint density at radius 2 is 1.75 bits per heavy atom. The number of phenols is 1. The Kier molecular flexibility index (Phi) is 6.33. The van der Waals surface area contributed by atoms with Gasteiger partial charge in [-0.1, -0.05) is 12.1 Å². The minimum atomic E-state index is -1.43. The zero-order chi connectivity index (χ0) is 20.4. The number of aliphatic hydroxyl groups excluding tert-OH is 4. The molecule has 2 aliphatic rings. The van der Waals surface area contributed by atoms with Crippen LogP contribution in [0.3, 0.4) is 0 Å². The molecule has 1 aliphatic heterocycles. The molecule has 0 bridgehead atoms. The largest absolute Gasteiger partial charge is 0.508 e. The van der Waals surface area contributed by atoms with Gasteiger partial charge in [0.2, 0.25) is 0 Å². The smallest absolute Gasteiger partial charge is 0.331 e. The Morgan fingerprint density at radius 1 is 1.07 bits per heavy atom. The lowest BCUT2D eigenvalue weighted by Crippen LogP contribution is -2.57. The SMILES string of the molecule is CC1OC(OCC2C(O)C2OC(=O)/C=C/c2ccc(O)cc2)C(O)C(O)C1O. The molecule has 9 nitrogen and oxygen atoms in total. The van der Waals surface area contributed by atoms with Gasteiger partial charge >= 0.3 is 5.97 Å². The van der Waals surface area contributed by atoms with Crippen molar-refractivity contribution in [1.82, 2.24) is 0 Å². The first-order valence-electron chi connectivity index (χ1n) is 8.95. The number of aromatic hydroxyl groups is 1. The van der Waals surface area contributed by atoms with E-state index in [0.29, 0.717) is 5.56 Å². The van der Waals surface area contributed by atoms with Crippen molar-refractivity contribution in [1.29, 1.82) is 0 Å². The van der Waals surface area contributed by atoms with Crippen LogP contribution in [-0.2, 0) is 19.0 Å². The van der Waals surface area contributed by atoms with Crippen LogP contribution in [0.1, 0.15) is 12.5 Å². The van der Waals surface area contributed by atoms with E-state index in [1.807, 2.05) is 0 Å². The predicted octanol–water partition coefficient (Wildman–Crippen LogP) is -0.848. The van der Waals surface area contributed by atoms with Crippen molar-refractivity contribution in [2.75, 3.05) is 6.61 Å². The van der Waals surface area contributed by atoms with Crippen LogP contribution < -0.4 is 0 Å². The van der Waals surface area contributed by atoms with Crippen molar-refractivity contribution in [3.8, 4) is 5.75 Å². The van der Waals surface area contributed by atoms with Crippen LogP contribution in [0, 0.1) is 5.92 Å². The molecule has 1 aromatic carbocycles. The van der Waals surface area contributed by atoms with Crippen molar-refractivity contribution < 1.29 is 44.5 Å². The van der Waals surface area contributed by atoms with Crippen LogP contribution in [0.5, 0.6) is 5.75 Å². The van der Waals surface area contributed by atoms with Gasteiger partial charge in [-0.05, 0) is 30.7 Å². The molecule has 3 rings (SSSR count). The van der Waals surface area contributed by atoms with Gasteiger partial charge in [0.05, 0.1) is 18.6 Å². The number of hydrogen-bond acceptors (Lipinski definition) is 9. The molecule has 8 atom stereocenters. The summed E-state index contributed by atoms with van der Waals surface area (Å²) < 4.78 is 15.9. The third kappa shape index (κ3) is 4.69. The fourth-order valence-corrected chi connectivity index (χ4v) is 2.96. The Hall–Kier alpha value is -2.01. The molecule has 5 N–H and O–H groups in total. The van der Waals surface area contributed by atoms with E-state index < -0.39 is 54.8 Å². The standard InChI is InChI=1S/C19H24O9/c1-9-14(22)16(24)17(25)19(27-9)26-8-12-15(23)18(12)28-13(21)7-4-10-2-5-11(20)6-3-10/h2-7,9,12,14-20,22-25H,8H2,1H3/b7-4+. The molecule has 1 saturated heterocycles. The number of phenolic OH excluding ortho intramolecular Hbond substituents is 1. The minimum absolute atomic E-state index is 0.0575. The summed E-state index contributed by atoms with van der Waals surface area (Å²) in [6.45, 7) is 1.48. The molecule has 2 fully saturated rings. The first kappa shape index (κ1) is 20.7. The molecule has 1 saturated carbocycles. The zero-order valence-corrected chi connectivity index (χ0v) is 15.2. The highest BCUT2D eigenvalue weighted by Crippen LogP contribution is 2.36. The number of carbonyl (C=O) groups is 1. The fraction of sp³-hybridized carbons (Fsp3) is 0.526. The Labute approximate surface area is 161 Å². The van der Waals surface area contributed by atoms with Crippen LogP contribution in [0.4, 0.5) is 0 Å². The summed E-state index contributed by atoms with van der Waals surface area (Å²) in [7, 11) is 0. The number of rotatable bonds is 6. The summed E-state index contributed by atoms with van der Waals surface area (Å²) in [5.74, 6) is -1.01. The number of hydrogen-bond donors (Lipinski definition) is 5. The average molecular weight is 396 g/mol. The Balaban J connectivity index is 1.45. The molecule has 0 aromatic heterocycles. The molecule has 0 spiro atoms. The van der Waals surface area contributed by atoms with Gasteiger partial charge in [-0.15, -0.1) is 0 Å². The van der Waals surface area contributed by atoms with Crippen molar-refractivity contribution in [3.63, 3.8) is 0 Å². The summed E-state index contributed by atoms with van der Waals surface area (Å²) in [5.41, 5.74) is 0.698. The molecule has 0 amide bonds. The van der Waals surface area contributed by atoms with E-state index in [2.05, 4.69) is 0 Å². The van der Waals surface area contributed by atoms with E-state index in [4.69, 9.17) is 14.2 Å². The molecule has 0 radical (unpaired) electrons. The maximum Gasteiger partial charge on any atom is 0.331 e. The lowest BCUT2D eigenvalue weighted by molar-refractivity contribution is -0.294. The van der Waals surface area contributed by atoms with Crippen molar-refractivity contribution >= 4 is 12.0 Å². The van der Waals surface area contributed by atoms with Gasteiger partial charge in [0, 0.05) is 6.08 Å². The molecular formula is C19H24O9.